The number of hydrazine groups is 1. The van der Waals surface area contributed by atoms with Gasteiger partial charge in [0.15, 0.2) is 11.5 Å². The normalized spacial score (nSPS) is 26.2. The summed E-state index contributed by atoms with van der Waals surface area (Å²) in [7, 11) is 3.13. The monoisotopic (exact) mass is 266 g/mol. The standard InChI is InChI=1S/C13H18N2O4/c1-7-11(12(13(16)17)15-14-7)8-4-5-9(18-2)10(6-8)19-3/h4-7,11-12,14-15H,1-3H3,(H,16,17). The third-order valence-electron chi connectivity index (χ3n) is 3.42. The average Bonchev–Trinajstić information content (AvgIpc) is 2.80. The van der Waals surface area contributed by atoms with Crippen molar-refractivity contribution >= 4 is 5.97 Å². The second-order valence-electron chi connectivity index (χ2n) is 4.53. The zero-order valence-electron chi connectivity index (χ0n) is 11.1. The van der Waals surface area contributed by atoms with E-state index in [0.29, 0.717) is 11.5 Å². The van der Waals surface area contributed by atoms with Gasteiger partial charge in [0.1, 0.15) is 6.04 Å². The lowest BCUT2D eigenvalue weighted by atomic mass is 9.87. The molecule has 3 atom stereocenters. The first kappa shape index (κ1) is 13.6. The molecule has 0 radical (unpaired) electrons. The molecule has 6 heteroatoms. The van der Waals surface area contributed by atoms with E-state index in [1.165, 1.54) is 0 Å². The second-order valence-corrected chi connectivity index (χ2v) is 4.53. The highest BCUT2D eigenvalue weighted by Gasteiger charge is 2.39. The van der Waals surface area contributed by atoms with Gasteiger partial charge in [0, 0.05) is 12.0 Å². The van der Waals surface area contributed by atoms with Gasteiger partial charge in [-0.2, -0.15) is 0 Å². The van der Waals surface area contributed by atoms with Crippen LogP contribution in [-0.2, 0) is 4.79 Å². The number of aliphatic carboxylic acids is 1. The van der Waals surface area contributed by atoms with Gasteiger partial charge in [0.2, 0.25) is 0 Å². The van der Waals surface area contributed by atoms with E-state index in [4.69, 9.17) is 9.47 Å². The van der Waals surface area contributed by atoms with E-state index in [9.17, 15) is 9.90 Å². The maximum atomic E-state index is 11.3. The number of rotatable bonds is 4. The predicted octanol–water partition coefficient (Wildman–Crippen LogP) is 0.737. The molecule has 1 fully saturated rings. The van der Waals surface area contributed by atoms with E-state index in [1.807, 2.05) is 19.1 Å². The fourth-order valence-corrected chi connectivity index (χ4v) is 2.45. The Labute approximate surface area is 111 Å². The van der Waals surface area contributed by atoms with Crippen LogP contribution < -0.4 is 20.3 Å². The number of hydrogen-bond acceptors (Lipinski definition) is 5. The van der Waals surface area contributed by atoms with E-state index in [2.05, 4.69) is 10.9 Å². The number of carboxylic acids is 1. The molecular weight excluding hydrogens is 248 g/mol. The van der Waals surface area contributed by atoms with E-state index in [1.54, 1.807) is 20.3 Å². The van der Waals surface area contributed by atoms with Crippen molar-refractivity contribution in [1.29, 1.82) is 0 Å². The molecule has 1 aromatic rings. The summed E-state index contributed by atoms with van der Waals surface area (Å²) in [6.45, 7) is 1.94. The van der Waals surface area contributed by atoms with Gasteiger partial charge in [-0.3, -0.25) is 10.2 Å². The van der Waals surface area contributed by atoms with Gasteiger partial charge in [-0.15, -0.1) is 0 Å². The maximum Gasteiger partial charge on any atom is 0.322 e. The van der Waals surface area contributed by atoms with Crippen molar-refractivity contribution < 1.29 is 19.4 Å². The van der Waals surface area contributed by atoms with Crippen molar-refractivity contribution in [3.63, 3.8) is 0 Å². The molecule has 19 heavy (non-hydrogen) atoms. The van der Waals surface area contributed by atoms with Crippen LogP contribution in [0.5, 0.6) is 11.5 Å². The largest absolute Gasteiger partial charge is 0.493 e. The molecule has 1 heterocycles. The van der Waals surface area contributed by atoms with E-state index in [0.717, 1.165) is 5.56 Å². The summed E-state index contributed by atoms with van der Waals surface area (Å²) >= 11 is 0. The Bertz CT molecular complexity index is 478. The molecule has 6 nitrogen and oxygen atoms in total. The summed E-state index contributed by atoms with van der Waals surface area (Å²) in [4.78, 5) is 11.3. The Morgan fingerprint density at radius 1 is 1.21 bits per heavy atom. The Hall–Kier alpha value is -1.79. The predicted molar refractivity (Wildman–Crippen MR) is 69.4 cm³/mol. The molecule has 0 bridgehead atoms. The number of carboxylic acid groups (broad SMARTS) is 1. The first-order valence-corrected chi connectivity index (χ1v) is 6.04. The van der Waals surface area contributed by atoms with Crippen LogP contribution in [0.2, 0.25) is 0 Å². The Balaban J connectivity index is 2.37. The Morgan fingerprint density at radius 2 is 1.89 bits per heavy atom. The van der Waals surface area contributed by atoms with Crippen molar-refractivity contribution in [1.82, 2.24) is 10.9 Å². The molecule has 2 rings (SSSR count). The Morgan fingerprint density at radius 3 is 2.47 bits per heavy atom. The van der Waals surface area contributed by atoms with Gasteiger partial charge in [-0.05, 0) is 24.6 Å². The van der Waals surface area contributed by atoms with Gasteiger partial charge in [0.05, 0.1) is 14.2 Å². The smallest absolute Gasteiger partial charge is 0.322 e. The molecule has 0 saturated carbocycles. The molecule has 0 amide bonds. The third kappa shape index (κ3) is 2.50. The van der Waals surface area contributed by atoms with Gasteiger partial charge in [-0.1, -0.05) is 6.07 Å². The molecule has 1 aromatic carbocycles. The van der Waals surface area contributed by atoms with Crippen molar-refractivity contribution in [2.75, 3.05) is 14.2 Å². The van der Waals surface area contributed by atoms with Crippen LogP contribution in [0.4, 0.5) is 0 Å². The molecule has 1 aliphatic heterocycles. The topological polar surface area (TPSA) is 79.8 Å². The number of ether oxygens (including phenoxy) is 2. The fraction of sp³-hybridized carbons (Fsp3) is 0.462. The number of nitrogens with one attached hydrogen (secondary N) is 2. The van der Waals surface area contributed by atoms with Gasteiger partial charge in [0.25, 0.3) is 0 Å². The summed E-state index contributed by atoms with van der Waals surface area (Å²) < 4.78 is 10.4. The zero-order valence-corrected chi connectivity index (χ0v) is 11.1. The zero-order chi connectivity index (χ0) is 14.0. The SMILES string of the molecule is COc1ccc(C2C(C)NNC2C(=O)O)cc1OC. The number of hydrogen-bond donors (Lipinski definition) is 3. The van der Waals surface area contributed by atoms with Crippen LogP contribution in [0.25, 0.3) is 0 Å². The average molecular weight is 266 g/mol. The molecule has 3 unspecified atom stereocenters. The Kier molecular flexibility index (Phi) is 3.92. The number of carbonyl (C=O) groups is 1. The minimum atomic E-state index is -0.878. The molecular formula is C13H18N2O4. The first-order chi connectivity index (χ1) is 9.08. The molecule has 104 valence electrons. The van der Waals surface area contributed by atoms with Crippen molar-refractivity contribution in [3.8, 4) is 11.5 Å². The van der Waals surface area contributed by atoms with E-state index in [-0.39, 0.29) is 12.0 Å². The summed E-state index contributed by atoms with van der Waals surface area (Å²) in [6.07, 6.45) is 0. The number of benzene rings is 1. The summed E-state index contributed by atoms with van der Waals surface area (Å²) in [6, 6.07) is 4.84. The van der Waals surface area contributed by atoms with Crippen LogP contribution in [0, 0.1) is 0 Å². The third-order valence-corrected chi connectivity index (χ3v) is 3.42. The van der Waals surface area contributed by atoms with Crippen LogP contribution in [-0.4, -0.2) is 37.4 Å². The first-order valence-electron chi connectivity index (χ1n) is 6.04. The minimum absolute atomic E-state index is 0.0131. The van der Waals surface area contributed by atoms with Crippen molar-refractivity contribution in [3.05, 3.63) is 23.8 Å². The number of methoxy groups -OCH3 is 2. The summed E-state index contributed by atoms with van der Waals surface area (Å²) in [5, 5.41) is 9.23. The van der Waals surface area contributed by atoms with Gasteiger partial charge >= 0.3 is 5.97 Å². The van der Waals surface area contributed by atoms with Crippen LogP contribution >= 0.6 is 0 Å². The lowest BCUT2D eigenvalue weighted by molar-refractivity contribution is -0.139. The molecule has 1 saturated heterocycles. The van der Waals surface area contributed by atoms with Gasteiger partial charge < -0.3 is 14.6 Å². The molecule has 0 aromatic heterocycles. The van der Waals surface area contributed by atoms with E-state index >= 15 is 0 Å². The van der Waals surface area contributed by atoms with Crippen molar-refractivity contribution in [2.45, 2.75) is 24.9 Å². The molecule has 0 aliphatic carbocycles. The van der Waals surface area contributed by atoms with Crippen LogP contribution in [0.15, 0.2) is 18.2 Å². The summed E-state index contributed by atoms with van der Waals surface area (Å²) in [5.74, 6) is 0.182. The molecule has 1 aliphatic rings. The highest BCUT2D eigenvalue weighted by molar-refractivity contribution is 5.75. The van der Waals surface area contributed by atoms with Crippen LogP contribution in [0.3, 0.4) is 0 Å². The lowest BCUT2D eigenvalue weighted by Crippen LogP contribution is -2.38. The van der Waals surface area contributed by atoms with Crippen molar-refractivity contribution in [2.24, 2.45) is 0 Å². The quantitative estimate of drug-likeness (QED) is 0.746. The highest BCUT2D eigenvalue weighted by atomic mass is 16.5. The minimum Gasteiger partial charge on any atom is -0.493 e. The maximum absolute atomic E-state index is 11.3. The summed E-state index contributed by atoms with van der Waals surface area (Å²) in [5.41, 5.74) is 6.66. The second kappa shape index (κ2) is 5.46. The molecule has 3 N–H and O–H groups in total. The van der Waals surface area contributed by atoms with E-state index < -0.39 is 12.0 Å². The molecule has 0 spiro atoms. The van der Waals surface area contributed by atoms with Gasteiger partial charge in [-0.25, -0.2) is 5.43 Å². The van der Waals surface area contributed by atoms with Crippen LogP contribution in [0.1, 0.15) is 18.4 Å². The highest BCUT2D eigenvalue weighted by Crippen LogP contribution is 2.34. The lowest BCUT2D eigenvalue weighted by Gasteiger charge is -2.19. The fourth-order valence-electron chi connectivity index (χ4n) is 2.45.